The summed E-state index contributed by atoms with van der Waals surface area (Å²) in [6.45, 7) is 2.79. The van der Waals surface area contributed by atoms with Gasteiger partial charge in [0.05, 0.1) is 13.7 Å². The fourth-order valence-electron chi connectivity index (χ4n) is 2.87. The van der Waals surface area contributed by atoms with Gasteiger partial charge in [-0.05, 0) is 49.9 Å². The Morgan fingerprint density at radius 2 is 2.22 bits per heavy atom. The third-order valence-corrected chi connectivity index (χ3v) is 4.29. The standard InChI is InChI=1S/C17H26N2O3.ClH/c1-12(17(20)19-16-8-4-6-14(16)10-18)22-11-13-5-3-7-15(9-13)21-2;/h3,5,7,9,12,14,16H,4,6,8,10-11,18H2,1-2H3,(H,19,20);1H. The van der Waals surface area contributed by atoms with E-state index in [2.05, 4.69) is 5.32 Å². The molecule has 1 amide bonds. The molecule has 0 bridgehead atoms. The van der Waals surface area contributed by atoms with Gasteiger partial charge in [0.1, 0.15) is 11.9 Å². The van der Waals surface area contributed by atoms with Gasteiger partial charge in [0, 0.05) is 6.04 Å². The second-order valence-corrected chi connectivity index (χ2v) is 5.85. The predicted molar refractivity (Wildman–Crippen MR) is 92.8 cm³/mol. The van der Waals surface area contributed by atoms with Gasteiger partial charge in [-0.2, -0.15) is 0 Å². The summed E-state index contributed by atoms with van der Waals surface area (Å²) in [5, 5.41) is 3.07. The number of hydrogen-bond donors (Lipinski definition) is 2. The third-order valence-electron chi connectivity index (χ3n) is 4.29. The number of benzene rings is 1. The van der Waals surface area contributed by atoms with Gasteiger partial charge in [-0.25, -0.2) is 0 Å². The molecule has 1 aliphatic rings. The van der Waals surface area contributed by atoms with E-state index in [4.69, 9.17) is 15.2 Å². The third kappa shape index (κ3) is 5.68. The molecule has 5 nitrogen and oxygen atoms in total. The summed E-state index contributed by atoms with van der Waals surface area (Å²) in [5.41, 5.74) is 6.73. The quantitative estimate of drug-likeness (QED) is 0.797. The average Bonchev–Trinajstić information content (AvgIpc) is 2.99. The molecule has 2 rings (SSSR count). The van der Waals surface area contributed by atoms with Crippen LogP contribution in [0.2, 0.25) is 0 Å². The van der Waals surface area contributed by atoms with Crippen molar-refractivity contribution < 1.29 is 14.3 Å². The van der Waals surface area contributed by atoms with Crippen LogP contribution in [-0.2, 0) is 16.1 Å². The zero-order valence-corrected chi connectivity index (χ0v) is 14.6. The second-order valence-electron chi connectivity index (χ2n) is 5.85. The molecule has 0 heterocycles. The molecule has 1 saturated carbocycles. The molecule has 0 spiro atoms. The minimum atomic E-state index is -0.481. The number of ether oxygens (including phenoxy) is 2. The summed E-state index contributed by atoms with van der Waals surface area (Å²) in [5.74, 6) is 1.12. The highest BCUT2D eigenvalue weighted by molar-refractivity contribution is 5.85. The van der Waals surface area contributed by atoms with Gasteiger partial charge in [-0.15, -0.1) is 12.4 Å². The molecule has 0 radical (unpaired) electrons. The van der Waals surface area contributed by atoms with Gasteiger partial charge in [0.15, 0.2) is 0 Å². The van der Waals surface area contributed by atoms with Crippen molar-refractivity contribution in [2.45, 2.75) is 44.9 Å². The Kier molecular flexibility index (Phi) is 8.37. The maximum atomic E-state index is 12.2. The van der Waals surface area contributed by atoms with Crippen LogP contribution in [0.4, 0.5) is 0 Å². The summed E-state index contributed by atoms with van der Waals surface area (Å²) in [6, 6.07) is 7.85. The van der Waals surface area contributed by atoms with E-state index in [9.17, 15) is 4.79 Å². The minimum Gasteiger partial charge on any atom is -0.497 e. The van der Waals surface area contributed by atoms with Crippen LogP contribution in [0.15, 0.2) is 24.3 Å². The van der Waals surface area contributed by atoms with Crippen molar-refractivity contribution in [1.82, 2.24) is 5.32 Å². The SMILES string of the molecule is COc1cccc(COC(C)C(=O)NC2CCCC2CN)c1.Cl. The van der Waals surface area contributed by atoms with Crippen molar-refractivity contribution in [2.24, 2.45) is 11.7 Å². The first-order valence-electron chi connectivity index (χ1n) is 7.89. The van der Waals surface area contributed by atoms with Gasteiger partial charge >= 0.3 is 0 Å². The Bertz CT molecular complexity index is 498. The zero-order chi connectivity index (χ0) is 15.9. The van der Waals surface area contributed by atoms with Crippen LogP contribution >= 0.6 is 12.4 Å². The number of rotatable bonds is 7. The Morgan fingerprint density at radius 1 is 1.43 bits per heavy atom. The molecular formula is C17H27ClN2O3. The summed E-state index contributed by atoms with van der Waals surface area (Å²) >= 11 is 0. The molecule has 3 N–H and O–H groups in total. The lowest BCUT2D eigenvalue weighted by Gasteiger charge is -2.22. The molecule has 3 atom stereocenters. The van der Waals surface area contributed by atoms with Crippen LogP contribution in [0, 0.1) is 5.92 Å². The molecule has 1 aromatic carbocycles. The number of nitrogens with one attached hydrogen (secondary N) is 1. The number of halogens is 1. The van der Waals surface area contributed by atoms with Crippen molar-refractivity contribution >= 4 is 18.3 Å². The van der Waals surface area contributed by atoms with Crippen molar-refractivity contribution in [3.63, 3.8) is 0 Å². The molecule has 3 unspecified atom stereocenters. The van der Waals surface area contributed by atoms with Gasteiger partial charge in [-0.3, -0.25) is 4.79 Å². The van der Waals surface area contributed by atoms with Gasteiger partial charge < -0.3 is 20.5 Å². The van der Waals surface area contributed by atoms with Gasteiger partial charge in [-0.1, -0.05) is 18.6 Å². The molecule has 6 heteroatoms. The fraction of sp³-hybridized carbons (Fsp3) is 0.588. The lowest BCUT2D eigenvalue weighted by atomic mass is 10.0. The highest BCUT2D eigenvalue weighted by Crippen LogP contribution is 2.24. The Balaban J connectivity index is 0.00000264. The zero-order valence-electron chi connectivity index (χ0n) is 13.8. The number of methoxy groups -OCH3 is 1. The summed E-state index contributed by atoms with van der Waals surface area (Å²) < 4.78 is 10.8. The number of amides is 1. The number of nitrogens with two attached hydrogens (primary N) is 1. The number of carbonyl (C=O) groups is 1. The van der Waals surface area contributed by atoms with Crippen LogP contribution < -0.4 is 15.8 Å². The maximum Gasteiger partial charge on any atom is 0.249 e. The first kappa shape index (κ1) is 19.7. The lowest BCUT2D eigenvalue weighted by Crippen LogP contribution is -2.44. The Hall–Kier alpha value is -1.30. The van der Waals surface area contributed by atoms with Crippen LogP contribution in [-0.4, -0.2) is 31.7 Å². The Morgan fingerprint density at radius 3 is 2.91 bits per heavy atom. The summed E-state index contributed by atoms with van der Waals surface area (Å²) in [7, 11) is 1.63. The predicted octanol–water partition coefficient (Wildman–Crippen LogP) is 2.27. The fourth-order valence-corrected chi connectivity index (χ4v) is 2.87. The highest BCUT2D eigenvalue weighted by atomic mass is 35.5. The monoisotopic (exact) mass is 342 g/mol. The molecule has 23 heavy (non-hydrogen) atoms. The summed E-state index contributed by atoms with van der Waals surface area (Å²) in [4.78, 5) is 12.2. The molecule has 1 aliphatic carbocycles. The normalized spacial score (nSPS) is 21.3. The molecule has 0 saturated heterocycles. The van der Waals surface area contributed by atoms with E-state index in [1.54, 1.807) is 14.0 Å². The maximum absolute atomic E-state index is 12.2. The van der Waals surface area contributed by atoms with Crippen LogP contribution in [0.3, 0.4) is 0 Å². The van der Waals surface area contributed by atoms with E-state index in [0.717, 1.165) is 30.6 Å². The molecule has 130 valence electrons. The molecular weight excluding hydrogens is 316 g/mol. The van der Waals surface area contributed by atoms with Gasteiger partial charge in [0.2, 0.25) is 5.91 Å². The minimum absolute atomic E-state index is 0. The largest absolute Gasteiger partial charge is 0.497 e. The topological polar surface area (TPSA) is 73.6 Å². The first-order valence-corrected chi connectivity index (χ1v) is 7.89. The molecule has 1 aromatic rings. The smallest absolute Gasteiger partial charge is 0.249 e. The molecule has 0 aliphatic heterocycles. The van der Waals surface area contributed by atoms with Crippen molar-refractivity contribution in [3.05, 3.63) is 29.8 Å². The highest BCUT2D eigenvalue weighted by Gasteiger charge is 2.28. The van der Waals surface area contributed by atoms with E-state index < -0.39 is 6.10 Å². The molecule has 1 fully saturated rings. The average molecular weight is 343 g/mol. The second kappa shape index (κ2) is 9.75. The lowest BCUT2D eigenvalue weighted by molar-refractivity contribution is -0.133. The van der Waals surface area contributed by atoms with Crippen LogP contribution in [0.1, 0.15) is 31.7 Å². The van der Waals surface area contributed by atoms with Crippen molar-refractivity contribution in [1.29, 1.82) is 0 Å². The van der Waals surface area contributed by atoms with E-state index >= 15 is 0 Å². The van der Waals surface area contributed by atoms with Crippen LogP contribution in [0.25, 0.3) is 0 Å². The van der Waals surface area contributed by atoms with E-state index in [1.165, 1.54) is 0 Å². The van der Waals surface area contributed by atoms with E-state index in [1.807, 2.05) is 24.3 Å². The van der Waals surface area contributed by atoms with Crippen molar-refractivity contribution in [2.75, 3.05) is 13.7 Å². The summed E-state index contributed by atoms with van der Waals surface area (Å²) in [6.07, 6.45) is 2.76. The van der Waals surface area contributed by atoms with Crippen LogP contribution in [0.5, 0.6) is 5.75 Å². The van der Waals surface area contributed by atoms with Gasteiger partial charge in [0.25, 0.3) is 0 Å². The van der Waals surface area contributed by atoms with E-state index in [-0.39, 0.29) is 24.4 Å². The Labute approximate surface area is 144 Å². The number of hydrogen-bond acceptors (Lipinski definition) is 4. The number of carbonyl (C=O) groups excluding carboxylic acids is 1. The van der Waals surface area contributed by atoms with E-state index in [0.29, 0.717) is 19.1 Å². The van der Waals surface area contributed by atoms with Crippen molar-refractivity contribution in [3.8, 4) is 5.75 Å². The first-order chi connectivity index (χ1) is 10.6. The molecule has 0 aromatic heterocycles.